The maximum atomic E-state index is 5.25. The second kappa shape index (κ2) is 4.23. The number of nitrogens with zero attached hydrogens (tertiary/aromatic N) is 2. The quantitative estimate of drug-likeness (QED) is 0.838. The van der Waals surface area contributed by atoms with Crippen molar-refractivity contribution in [2.75, 3.05) is 5.32 Å². The smallest absolute Gasteiger partial charge is 0.202 e. The second-order valence-electron chi connectivity index (χ2n) is 3.08. The largest absolute Gasteiger partial charge is 0.469 e. The molecule has 0 saturated heterocycles. The fraction of sp³-hybridized carbons (Fsp3) is 0.333. The number of anilines is 1. The van der Waals surface area contributed by atoms with Crippen molar-refractivity contribution in [2.45, 2.75) is 19.4 Å². The van der Waals surface area contributed by atoms with Crippen LogP contribution in [0.3, 0.4) is 0 Å². The lowest BCUT2D eigenvalue weighted by atomic mass is 10.2. The fourth-order valence-corrected chi connectivity index (χ4v) is 1.77. The highest BCUT2D eigenvalue weighted by Gasteiger charge is 2.06. The first kappa shape index (κ1) is 9.21. The van der Waals surface area contributed by atoms with E-state index in [2.05, 4.69) is 21.6 Å². The van der Waals surface area contributed by atoms with E-state index in [-0.39, 0.29) is 0 Å². The van der Waals surface area contributed by atoms with E-state index in [1.807, 2.05) is 12.1 Å². The number of furan rings is 1. The molecule has 0 saturated carbocycles. The molecule has 1 atom stereocenters. The summed E-state index contributed by atoms with van der Waals surface area (Å²) in [7, 11) is 0. The van der Waals surface area contributed by atoms with Crippen LogP contribution in [0.15, 0.2) is 29.1 Å². The second-order valence-corrected chi connectivity index (χ2v) is 3.86. The van der Waals surface area contributed by atoms with Gasteiger partial charge in [-0.15, -0.1) is 0 Å². The normalized spacial score (nSPS) is 12.6. The van der Waals surface area contributed by atoms with Gasteiger partial charge in [-0.1, -0.05) is 0 Å². The maximum absolute atomic E-state index is 5.25. The van der Waals surface area contributed by atoms with E-state index in [0.717, 1.165) is 17.3 Å². The minimum Gasteiger partial charge on any atom is -0.469 e. The van der Waals surface area contributed by atoms with Gasteiger partial charge in [-0.05, 0) is 19.1 Å². The highest BCUT2D eigenvalue weighted by Crippen LogP contribution is 2.11. The molecule has 2 aromatic rings. The van der Waals surface area contributed by atoms with Crippen LogP contribution >= 0.6 is 11.5 Å². The zero-order valence-electron chi connectivity index (χ0n) is 7.80. The molecule has 2 heterocycles. The van der Waals surface area contributed by atoms with E-state index in [1.165, 1.54) is 11.5 Å². The van der Waals surface area contributed by atoms with Crippen LogP contribution in [0.1, 0.15) is 12.7 Å². The molecule has 0 spiro atoms. The monoisotopic (exact) mass is 209 g/mol. The summed E-state index contributed by atoms with van der Waals surface area (Å²) in [4.78, 5) is 4.05. The number of nitrogens with one attached hydrogen (secondary N) is 1. The zero-order chi connectivity index (χ0) is 9.80. The lowest BCUT2D eigenvalue weighted by Gasteiger charge is -2.09. The van der Waals surface area contributed by atoms with E-state index in [1.54, 1.807) is 12.6 Å². The highest BCUT2D eigenvalue weighted by molar-refractivity contribution is 7.09. The SMILES string of the molecule is CC(Cc1ccco1)Nc1ncns1. The maximum Gasteiger partial charge on any atom is 0.202 e. The molecule has 0 aliphatic heterocycles. The number of rotatable bonds is 4. The number of hydrogen-bond acceptors (Lipinski definition) is 5. The topological polar surface area (TPSA) is 51.0 Å². The van der Waals surface area contributed by atoms with Crippen molar-refractivity contribution in [2.24, 2.45) is 0 Å². The summed E-state index contributed by atoms with van der Waals surface area (Å²) in [5.41, 5.74) is 0. The van der Waals surface area contributed by atoms with Gasteiger partial charge in [0.05, 0.1) is 6.26 Å². The summed E-state index contributed by atoms with van der Waals surface area (Å²) in [5, 5.41) is 4.10. The Labute approximate surface area is 86.1 Å². The van der Waals surface area contributed by atoms with E-state index in [0.29, 0.717) is 6.04 Å². The van der Waals surface area contributed by atoms with Gasteiger partial charge in [-0.25, -0.2) is 4.98 Å². The summed E-state index contributed by atoms with van der Waals surface area (Å²) in [6.45, 7) is 2.09. The summed E-state index contributed by atoms with van der Waals surface area (Å²) < 4.78 is 9.17. The fourth-order valence-electron chi connectivity index (χ4n) is 1.23. The molecule has 0 fully saturated rings. The minimum atomic E-state index is 0.300. The van der Waals surface area contributed by atoms with Gasteiger partial charge in [0, 0.05) is 24.0 Å². The average molecular weight is 209 g/mol. The van der Waals surface area contributed by atoms with Gasteiger partial charge in [-0.3, -0.25) is 0 Å². The molecule has 74 valence electrons. The van der Waals surface area contributed by atoms with Crippen molar-refractivity contribution in [1.82, 2.24) is 9.36 Å². The molecule has 0 aliphatic carbocycles. The lowest BCUT2D eigenvalue weighted by molar-refractivity contribution is 0.498. The van der Waals surface area contributed by atoms with Crippen molar-refractivity contribution < 1.29 is 4.42 Å². The third-order valence-electron chi connectivity index (χ3n) is 1.82. The van der Waals surface area contributed by atoms with Crippen LogP contribution in [0.25, 0.3) is 0 Å². The Hall–Kier alpha value is -1.36. The van der Waals surface area contributed by atoms with E-state index < -0.39 is 0 Å². The molecule has 0 aliphatic rings. The summed E-state index contributed by atoms with van der Waals surface area (Å²) >= 11 is 1.36. The molecule has 2 aromatic heterocycles. The summed E-state index contributed by atoms with van der Waals surface area (Å²) in [5.74, 6) is 0.981. The molecular formula is C9H11N3OS. The van der Waals surface area contributed by atoms with Gasteiger partial charge in [0.25, 0.3) is 0 Å². The molecule has 1 N–H and O–H groups in total. The third kappa shape index (κ3) is 2.32. The Kier molecular flexibility index (Phi) is 2.78. The van der Waals surface area contributed by atoms with Crippen molar-refractivity contribution in [3.05, 3.63) is 30.5 Å². The van der Waals surface area contributed by atoms with Crippen LogP contribution in [-0.4, -0.2) is 15.4 Å². The van der Waals surface area contributed by atoms with Crippen LogP contribution in [-0.2, 0) is 6.42 Å². The predicted octanol–water partition coefficient (Wildman–Crippen LogP) is 2.17. The van der Waals surface area contributed by atoms with Gasteiger partial charge < -0.3 is 9.73 Å². The predicted molar refractivity (Wildman–Crippen MR) is 55.4 cm³/mol. The van der Waals surface area contributed by atoms with Crippen LogP contribution in [0.2, 0.25) is 0 Å². The molecule has 0 radical (unpaired) electrons. The molecule has 1 unspecified atom stereocenters. The zero-order valence-corrected chi connectivity index (χ0v) is 8.62. The minimum absolute atomic E-state index is 0.300. The summed E-state index contributed by atoms with van der Waals surface area (Å²) in [6, 6.07) is 4.17. The summed E-state index contributed by atoms with van der Waals surface area (Å²) in [6.07, 6.45) is 4.09. The molecule has 0 aromatic carbocycles. The Balaban J connectivity index is 1.88. The van der Waals surface area contributed by atoms with Crippen LogP contribution in [0, 0.1) is 0 Å². The van der Waals surface area contributed by atoms with E-state index in [9.17, 15) is 0 Å². The van der Waals surface area contributed by atoms with E-state index >= 15 is 0 Å². The first-order valence-electron chi connectivity index (χ1n) is 4.40. The van der Waals surface area contributed by atoms with Gasteiger partial charge in [0.1, 0.15) is 12.1 Å². The molecule has 2 rings (SSSR count). The first-order chi connectivity index (χ1) is 6.84. The van der Waals surface area contributed by atoms with Crippen molar-refractivity contribution >= 4 is 16.7 Å². The van der Waals surface area contributed by atoms with E-state index in [4.69, 9.17) is 4.42 Å². The highest BCUT2D eigenvalue weighted by atomic mass is 32.1. The lowest BCUT2D eigenvalue weighted by Crippen LogP contribution is -2.17. The third-order valence-corrected chi connectivity index (χ3v) is 2.41. The Morgan fingerprint density at radius 3 is 3.21 bits per heavy atom. The molecule has 0 bridgehead atoms. The van der Waals surface area contributed by atoms with Crippen LogP contribution in [0.5, 0.6) is 0 Å². The van der Waals surface area contributed by atoms with Crippen molar-refractivity contribution in [3.8, 4) is 0 Å². The Morgan fingerprint density at radius 2 is 2.57 bits per heavy atom. The molecular weight excluding hydrogens is 198 g/mol. The molecule has 4 nitrogen and oxygen atoms in total. The van der Waals surface area contributed by atoms with Crippen LogP contribution < -0.4 is 5.32 Å². The van der Waals surface area contributed by atoms with Gasteiger partial charge in [-0.2, -0.15) is 4.37 Å². The number of hydrogen-bond donors (Lipinski definition) is 1. The molecule has 0 amide bonds. The average Bonchev–Trinajstić information content (AvgIpc) is 2.76. The number of aromatic nitrogens is 2. The standard InChI is InChI=1S/C9H11N3OS/c1-7(5-8-3-2-4-13-8)12-9-10-6-11-14-9/h2-4,6-7H,5H2,1H3,(H,10,11,12). The Morgan fingerprint density at radius 1 is 1.64 bits per heavy atom. The first-order valence-corrected chi connectivity index (χ1v) is 5.17. The van der Waals surface area contributed by atoms with Crippen molar-refractivity contribution in [1.29, 1.82) is 0 Å². The Bertz CT molecular complexity index is 321. The van der Waals surface area contributed by atoms with Crippen molar-refractivity contribution in [3.63, 3.8) is 0 Å². The van der Waals surface area contributed by atoms with Crippen LogP contribution in [0.4, 0.5) is 5.13 Å². The molecule has 14 heavy (non-hydrogen) atoms. The van der Waals surface area contributed by atoms with Gasteiger partial charge in [0.2, 0.25) is 5.13 Å². The van der Waals surface area contributed by atoms with Gasteiger partial charge in [0.15, 0.2) is 0 Å². The van der Waals surface area contributed by atoms with Gasteiger partial charge >= 0.3 is 0 Å². The molecule has 5 heteroatoms.